The fourth-order valence-corrected chi connectivity index (χ4v) is 1.77. The molecule has 8 nitrogen and oxygen atoms in total. The predicted molar refractivity (Wildman–Crippen MR) is 85.0 cm³/mol. The Morgan fingerprint density at radius 2 is 1.83 bits per heavy atom. The maximum absolute atomic E-state index is 12.0. The van der Waals surface area contributed by atoms with Crippen molar-refractivity contribution in [1.82, 2.24) is 14.8 Å². The van der Waals surface area contributed by atoms with E-state index in [4.69, 9.17) is 4.74 Å². The molecular weight excluding hydrogens is 298 g/mol. The van der Waals surface area contributed by atoms with Crippen LogP contribution in [0.15, 0.2) is 36.9 Å². The van der Waals surface area contributed by atoms with Crippen LogP contribution in [-0.2, 0) is 16.1 Å². The van der Waals surface area contributed by atoms with Gasteiger partial charge in [-0.15, -0.1) is 0 Å². The summed E-state index contributed by atoms with van der Waals surface area (Å²) in [4.78, 5) is 27.6. The number of amides is 2. The zero-order valence-electron chi connectivity index (χ0n) is 13.2. The minimum Gasteiger partial charge on any atom is -0.444 e. The molecule has 0 atom stereocenters. The Bertz CT molecular complexity index is 677. The molecule has 2 rings (SSSR count). The van der Waals surface area contributed by atoms with Crippen LogP contribution >= 0.6 is 0 Å². The van der Waals surface area contributed by atoms with E-state index in [1.165, 1.54) is 17.3 Å². The fourth-order valence-electron chi connectivity index (χ4n) is 1.77. The Kier molecular flexibility index (Phi) is 4.95. The van der Waals surface area contributed by atoms with Crippen LogP contribution in [-0.4, -0.2) is 32.4 Å². The van der Waals surface area contributed by atoms with E-state index >= 15 is 0 Å². The van der Waals surface area contributed by atoms with Crippen molar-refractivity contribution in [3.63, 3.8) is 0 Å². The Morgan fingerprint density at radius 3 is 2.39 bits per heavy atom. The molecule has 0 unspecified atom stereocenters. The lowest BCUT2D eigenvalue weighted by molar-refractivity contribution is -0.116. The third kappa shape index (κ3) is 5.42. The van der Waals surface area contributed by atoms with Crippen LogP contribution in [0, 0.1) is 0 Å². The van der Waals surface area contributed by atoms with Gasteiger partial charge in [0.15, 0.2) is 0 Å². The van der Waals surface area contributed by atoms with Crippen molar-refractivity contribution in [2.45, 2.75) is 32.9 Å². The summed E-state index contributed by atoms with van der Waals surface area (Å²) in [7, 11) is 0. The minimum atomic E-state index is -0.602. The number of aromatic nitrogens is 3. The first kappa shape index (κ1) is 16.5. The van der Waals surface area contributed by atoms with E-state index < -0.39 is 11.7 Å². The van der Waals surface area contributed by atoms with E-state index in [0.29, 0.717) is 11.4 Å². The highest BCUT2D eigenvalue weighted by Gasteiger charge is 2.17. The Balaban J connectivity index is 2.02. The first-order valence-corrected chi connectivity index (χ1v) is 7.05. The molecule has 2 aromatic rings. The smallest absolute Gasteiger partial charge is 0.412 e. The molecule has 0 aliphatic rings. The van der Waals surface area contributed by atoms with Crippen LogP contribution in [0.5, 0.6) is 0 Å². The summed E-state index contributed by atoms with van der Waals surface area (Å²) in [5.74, 6) is -0.283. The minimum absolute atomic E-state index is 0.0285. The van der Waals surface area contributed by atoms with E-state index in [1.807, 2.05) is 0 Å². The van der Waals surface area contributed by atoms with Gasteiger partial charge in [-0.25, -0.2) is 14.5 Å². The van der Waals surface area contributed by atoms with Gasteiger partial charge in [0.05, 0.1) is 11.4 Å². The van der Waals surface area contributed by atoms with Crippen LogP contribution in [0.4, 0.5) is 16.2 Å². The van der Waals surface area contributed by atoms with Crippen LogP contribution < -0.4 is 10.6 Å². The van der Waals surface area contributed by atoms with Crippen LogP contribution in [0.2, 0.25) is 0 Å². The van der Waals surface area contributed by atoms with Crippen molar-refractivity contribution < 1.29 is 14.3 Å². The van der Waals surface area contributed by atoms with Gasteiger partial charge >= 0.3 is 6.09 Å². The number of hydrogen-bond acceptors (Lipinski definition) is 5. The molecular formula is C15H19N5O3. The topological polar surface area (TPSA) is 98.1 Å². The highest BCUT2D eigenvalue weighted by molar-refractivity contribution is 5.97. The second-order valence-electron chi connectivity index (χ2n) is 5.81. The number of carbonyl (C=O) groups is 2. The maximum atomic E-state index is 12.0. The summed E-state index contributed by atoms with van der Waals surface area (Å²) in [5, 5.41) is 9.20. The number of hydrogen-bond donors (Lipinski definition) is 2. The van der Waals surface area contributed by atoms with Crippen molar-refractivity contribution in [2.75, 3.05) is 10.6 Å². The molecule has 8 heteroatoms. The third-order valence-electron chi connectivity index (χ3n) is 2.61. The monoisotopic (exact) mass is 317 g/mol. The molecule has 0 spiro atoms. The number of carbonyl (C=O) groups excluding carboxylic acids is 2. The zero-order valence-corrected chi connectivity index (χ0v) is 13.2. The van der Waals surface area contributed by atoms with Crippen molar-refractivity contribution in [3.8, 4) is 0 Å². The molecule has 122 valence electrons. The molecule has 0 radical (unpaired) electrons. The van der Waals surface area contributed by atoms with E-state index in [2.05, 4.69) is 20.7 Å². The number of para-hydroxylation sites is 2. The number of ether oxygens (including phenoxy) is 1. The molecule has 0 saturated heterocycles. The number of nitrogens with one attached hydrogen (secondary N) is 2. The summed E-state index contributed by atoms with van der Waals surface area (Å²) in [6.45, 7) is 5.36. The van der Waals surface area contributed by atoms with Gasteiger partial charge in [-0.1, -0.05) is 12.1 Å². The molecule has 1 aromatic heterocycles. The average molecular weight is 317 g/mol. The Morgan fingerprint density at radius 1 is 1.17 bits per heavy atom. The SMILES string of the molecule is CC(C)(C)OC(=O)Nc1ccccc1NC(=O)Cn1cncn1. The van der Waals surface area contributed by atoms with Gasteiger partial charge in [-0.3, -0.25) is 10.1 Å². The molecule has 0 aliphatic carbocycles. The molecule has 1 heterocycles. The van der Waals surface area contributed by atoms with Gasteiger partial charge in [0.1, 0.15) is 24.8 Å². The van der Waals surface area contributed by atoms with Gasteiger partial charge < -0.3 is 10.1 Å². The van der Waals surface area contributed by atoms with Gasteiger partial charge in [-0.05, 0) is 32.9 Å². The van der Waals surface area contributed by atoms with E-state index in [0.717, 1.165) is 0 Å². The van der Waals surface area contributed by atoms with Gasteiger partial charge in [0, 0.05) is 0 Å². The van der Waals surface area contributed by atoms with Gasteiger partial charge in [0.25, 0.3) is 0 Å². The Hall–Kier alpha value is -2.90. The van der Waals surface area contributed by atoms with Gasteiger partial charge in [0.2, 0.25) is 5.91 Å². The maximum Gasteiger partial charge on any atom is 0.412 e. The van der Waals surface area contributed by atoms with Crippen LogP contribution in [0.3, 0.4) is 0 Å². The summed E-state index contributed by atoms with van der Waals surface area (Å²) >= 11 is 0. The molecule has 23 heavy (non-hydrogen) atoms. The quantitative estimate of drug-likeness (QED) is 0.901. The molecule has 1 aromatic carbocycles. The summed E-state index contributed by atoms with van der Waals surface area (Å²) in [6.07, 6.45) is 2.21. The third-order valence-corrected chi connectivity index (χ3v) is 2.61. The summed E-state index contributed by atoms with van der Waals surface area (Å²) < 4.78 is 6.60. The number of benzene rings is 1. The molecule has 0 saturated carbocycles. The number of anilines is 2. The normalized spacial score (nSPS) is 10.9. The highest BCUT2D eigenvalue weighted by Crippen LogP contribution is 2.22. The van der Waals surface area contributed by atoms with Crippen molar-refractivity contribution in [3.05, 3.63) is 36.9 Å². The van der Waals surface area contributed by atoms with E-state index in [-0.39, 0.29) is 12.5 Å². The largest absolute Gasteiger partial charge is 0.444 e. The fraction of sp³-hybridized carbons (Fsp3) is 0.333. The predicted octanol–water partition coefficient (Wildman–Crippen LogP) is 2.26. The Labute approximate surface area is 133 Å². The van der Waals surface area contributed by atoms with Crippen molar-refractivity contribution in [1.29, 1.82) is 0 Å². The van der Waals surface area contributed by atoms with E-state index in [1.54, 1.807) is 45.0 Å². The number of rotatable bonds is 4. The molecule has 2 amide bonds. The second kappa shape index (κ2) is 6.91. The zero-order chi connectivity index (χ0) is 16.9. The molecule has 0 bridgehead atoms. The van der Waals surface area contributed by atoms with Crippen LogP contribution in [0.25, 0.3) is 0 Å². The average Bonchev–Trinajstić information content (AvgIpc) is 2.91. The van der Waals surface area contributed by atoms with Gasteiger partial charge in [-0.2, -0.15) is 5.10 Å². The lowest BCUT2D eigenvalue weighted by atomic mass is 10.2. The standard InChI is InChI=1S/C15H19N5O3/c1-15(2,3)23-14(22)19-12-7-5-4-6-11(12)18-13(21)8-20-10-16-9-17-20/h4-7,9-10H,8H2,1-3H3,(H,18,21)(H,19,22). The first-order valence-electron chi connectivity index (χ1n) is 7.05. The highest BCUT2D eigenvalue weighted by atomic mass is 16.6. The lowest BCUT2D eigenvalue weighted by Crippen LogP contribution is -2.27. The summed E-state index contributed by atoms with van der Waals surface area (Å²) in [5.41, 5.74) is 0.326. The van der Waals surface area contributed by atoms with E-state index in [9.17, 15) is 9.59 Å². The number of nitrogens with zero attached hydrogens (tertiary/aromatic N) is 3. The lowest BCUT2D eigenvalue weighted by Gasteiger charge is -2.20. The second-order valence-corrected chi connectivity index (χ2v) is 5.81. The molecule has 0 fully saturated rings. The first-order chi connectivity index (χ1) is 10.8. The van der Waals surface area contributed by atoms with Crippen molar-refractivity contribution >= 4 is 23.4 Å². The molecule has 2 N–H and O–H groups in total. The van der Waals surface area contributed by atoms with Crippen molar-refractivity contribution in [2.24, 2.45) is 0 Å². The molecule has 0 aliphatic heterocycles. The van der Waals surface area contributed by atoms with Crippen LogP contribution in [0.1, 0.15) is 20.8 Å². The summed E-state index contributed by atoms with van der Waals surface area (Å²) in [6, 6.07) is 6.87.